The van der Waals surface area contributed by atoms with Crippen LogP contribution < -0.4 is 5.32 Å². The smallest absolute Gasteiger partial charge is 0.407 e. The molecule has 2 rings (SSSR count). The predicted molar refractivity (Wildman–Crippen MR) is 59.2 cm³/mol. The van der Waals surface area contributed by atoms with Gasteiger partial charge in [0.05, 0.1) is 19.7 Å². The summed E-state index contributed by atoms with van der Waals surface area (Å²) >= 11 is 0. The standard InChI is InChI=1S/C10H17N5O2/c1-17-10(16)11-7-9-12-13-14-15(9)8-5-3-2-4-6-8/h8H,2-7H2,1H3,(H,11,16). The SMILES string of the molecule is COC(=O)NCc1nnnn1C1CCCCC1. The minimum Gasteiger partial charge on any atom is -0.453 e. The largest absolute Gasteiger partial charge is 0.453 e. The fourth-order valence-corrected chi connectivity index (χ4v) is 2.16. The zero-order valence-corrected chi connectivity index (χ0v) is 9.93. The van der Waals surface area contributed by atoms with Crippen LogP contribution in [0, 0.1) is 0 Å². The summed E-state index contributed by atoms with van der Waals surface area (Å²) in [5.41, 5.74) is 0. The van der Waals surface area contributed by atoms with E-state index in [0.717, 1.165) is 12.8 Å². The van der Waals surface area contributed by atoms with Crippen molar-refractivity contribution in [2.75, 3.05) is 7.11 Å². The first-order valence-electron chi connectivity index (χ1n) is 5.90. The van der Waals surface area contributed by atoms with Crippen molar-refractivity contribution in [1.82, 2.24) is 25.5 Å². The lowest BCUT2D eigenvalue weighted by atomic mass is 9.96. The summed E-state index contributed by atoms with van der Waals surface area (Å²) in [6.07, 6.45) is 5.46. The number of nitrogens with one attached hydrogen (secondary N) is 1. The third kappa shape index (κ3) is 2.92. The number of rotatable bonds is 3. The number of hydrogen-bond donors (Lipinski definition) is 1. The Labute approximate surface area is 99.5 Å². The van der Waals surface area contributed by atoms with Crippen molar-refractivity contribution in [2.45, 2.75) is 44.7 Å². The molecule has 17 heavy (non-hydrogen) atoms. The number of amides is 1. The van der Waals surface area contributed by atoms with Crippen molar-refractivity contribution in [3.05, 3.63) is 5.82 Å². The van der Waals surface area contributed by atoms with Crippen LogP contribution in [0.2, 0.25) is 0 Å². The topological polar surface area (TPSA) is 81.9 Å². The molecule has 1 aliphatic carbocycles. The number of tetrazole rings is 1. The molecule has 0 aromatic carbocycles. The first-order valence-corrected chi connectivity index (χ1v) is 5.90. The van der Waals surface area contributed by atoms with Crippen molar-refractivity contribution in [1.29, 1.82) is 0 Å². The number of carbonyl (C=O) groups is 1. The fourth-order valence-electron chi connectivity index (χ4n) is 2.16. The zero-order valence-electron chi connectivity index (χ0n) is 9.93. The van der Waals surface area contributed by atoms with Gasteiger partial charge in [-0.25, -0.2) is 9.48 Å². The van der Waals surface area contributed by atoms with Gasteiger partial charge in [0, 0.05) is 0 Å². The molecule has 1 aliphatic rings. The average Bonchev–Trinajstić information content (AvgIpc) is 2.85. The summed E-state index contributed by atoms with van der Waals surface area (Å²) in [5, 5.41) is 14.2. The van der Waals surface area contributed by atoms with Gasteiger partial charge in [-0.15, -0.1) is 5.10 Å². The Bertz CT molecular complexity index is 373. The fraction of sp³-hybridized carbons (Fsp3) is 0.800. The minimum atomic E-state index is -0.469. The molecule has 1 aromatic rings. The van der Waals surface area contributed by atoms with E-state index in [2.05, 4.69) is 25.6 Å². The van der Waals surface area contributed by atoms with Crippen LogP contribution in [0.4, 0.5) is 4.79 Å². The predicted octanol–water partition coefficient (Wildman–Crippen LogP) is 1.03. The number of alkyl carbamates (subject to hydrolysis) is 1. The van der Waals surface area contributed by atoms with Gasteiger partial charge in [-0.1, -0.05) is 19.3 Å². The first kappa shape index (κ1) is 11.8. The summed E-state index contributed by atoms with van der Waals surface area (Å²) < 4.78 is 6.33. The first-order chi connectivity index (χ1) is 8.31. The number of aromatic nitrogens is 4. The van der Waals surface area contributed by atoms with Crippen molar-refractivity contribution < 1.29 is 9.53 Å². The van der Waals surface area contributed by atoms with Crippen LogP contribution >= 0.6 is 0 Å². The molecule has 7 heteroatoms. The summed E-state index contributed by atoms with van der Waals surface area (Å²) in [6.45, 7) is 0.302. The Kier molecular flexibility index (Phi) is 3.89. The summed E-state index contributed by atoms with van der Waals surface area (Å²) in [7, 11) is 1.33. The summed E-state index contributed by atoms with van der Waals surface area (Å²) in [5.74, 6) is 0.683. The van der Waals surface area contributed by atoms with Crippen LogP contribution in [0.15, 0.2) is 0 Å². The molecule has 0 atom stereocenters. The van der Waals surface area contributed by atoms with Crippen LogP contribution in [-0.4, -0.2) is 33.4 Å². The molecular weight excluding hydrogens is 222 g/mol. The molecule has 1 N–H and O–H groups in total. The molecule has 0 radical (unpaired) electrons. The highest BCUT2D eigenvalue weighted by atomic mass is 16.5. The van der Waals surface area contributed by atoms with Gasteiger partial charge in [0.25, 0.3) is 0 Å². The second-order valence-electron chi connectivity index (χ2n) is 4.18. The number of hydrogen-bond acceptors (Lipinski definition) is 5. The van der Waals surface area contributed by atoms with Crippen molar-refractivity contribution in [3.8, 4) is 0 Å². The van der Waals surface area contributed by atoms with E-state index in [1.165, 1.54) is 26.4 Å². The molecule has 1 amide bonds. The summed E-state index contributed by atoms with van der Waals surface area (Å²) in [6, 6.07) is 0.369. The molecule has 1 fully saturated rings. The van der Waals surface area contributed by atoms with Gasteiger partial charge in [-0.05, 0) is 23.3 Å². The lowest BCUT2D eigenvalue weighted by molar-refractivity contribution is 0.169. The van der Waals surface area contributed by atoms with Crippen molar-refractivity contribution in [2.24, 2.45) is 0 Å². The van der Waals surface area contributed by atoms with E-state index in [9.17, 15) is 4.79 Å². The Morgan fingerprint density at radius 2 is 2.24 bits per heavy atom. The third-order valence-electron chi connectivity index (χ3n) is 3.06. The van der Waals surface area contributed by atoms with Gasteiger partial charge >= 0.3 is 6.09 Å². The minimum absolute atomic E-state index is 0.302. The molecule has 7 nitrogen and oxygen atoms in total. The van der Waals surface area contributed by atoms with Gasteiger partial charge in [0.15, 0.2) is 5.82 Å². The van der Waals surface area contributed by atoms with E-state index in [-0.39, 0.29) is 0 Å². The number of ether oxygens (including phenoxy) is 1. The maximum absolute atomic E-state index is 11.0. The maximum atomic E-state index is 11.0. The van der Waals surface area contributed by atoms with Crippen LogP contribution in [-0.2, 0) is 11.3 Å². The van der Waals surface area contributed by atoms with Gasteiger partial charge < -0.3 is 10.1 Å². The van der Waals surface area contributed by atoms with Crippen LogP contribution in [0.1, 0.15) is 44.0 Å². The number of nitrogens with zero attached hydrogens (tertiary/aromatic N) is 4. The number of carbonyl (C=O) groups excluding carboxylic acids is 1. The monoisotopic (exact) mass is 239 g/mol. The molecule has 0 bridgehead atoms. The molecule has 0 saturated heterocycles. The van der Waals surface area contributed by atoms with Gasteiger partial charge in [-0.3, -0.25) is 0 Å². The highest BCUT2D eigenvalue weighted by molar-refractivity contribution is 5.66. The second-order valence-corrected chi connectivity index (χ2v) is 4.18. The van der Waals surface area contributed by atoms with E-state index in [4.69, 9.17) is 0 Å². The molecule has 0 aliphatic heterocycles. The molecule has 1 saturated carbocycles. The Hall–Kier alpha value is -1.66. The van der Waals surface area contributed by atoms with E-state index in [1.807, 2.05) is 4.68 Å². The molecule has 0 spiro atoms. The normalized spacial score (nSPS) is 16.8. The lowest BCUT2D eigenvalue weighted by Crippen LogP contribution is -2.26. The van der Waals surface area contributed by atoms with Crippen LogP contribution in [0.3, 0.4) is 0 Å². The average molecular weight is 239 g/mol. The van der Waals surface area contributed by atoms with E-state index >= 15 is 0 Å². The molecule has 94 valence electrons. The summed E-state index contributed by atoms with van der Waals surface area (Å²) in [4.78, 5) is 11.0. The third-order valence-corrected chi connectivity index (χ3v) is 3.06. The maximum Gasteiger partial charge on any atom is 0.407 e. The molecule has 0 unspecified atom stereocenters. The molecule has 1 heterocycles. The van der Waals surface area contributed by atoms with Gasteiger partial charge in [-0.2, -0.15) is 0 Å². The van der Waals surface area contributed by atoms with Crippen LogP contribution in [0.5, 0.6) is 0 Å². The van der Waals surface area contributed by atoms with E-state index in [0.29, 0.717) is 18.4 Å². The highest BCUT2D eigenvalue weighted by Gasteiger charge is 2.20. The second kappa shape index (κ2) is 5.60. The Balaban J connectivity index is 1.98. The van der Waals surface area contributed by atoms with E-state index in [1.54, 1.807) is 0 Å². The molecule has 1 aromatic heterocycles. The highest BCUT2D eigenvalue weighted by Crippen LogP contribution is 2.27. The van der Waals surface area contributed by atoms with Gasteiger partial charge in [0.2, 0.25) is 0 Å². The quantitative estimate of drug-likeness (QED) is 0.852. The van der Waals surface area contributed by atoms with Crippen molar-refractivity contribution >= 4 is 6.09 Å². The Morgan fingerprint density at radius 3 is 2.94 bits per heavy atom. The molecular formula is C10H17N5O2. The lowest BCUT2D eigenvalue weighted by Gasteiger charge is -2.22. The Morgan fingerprint density at radius 1 is 1.47 bits per heavy atom. The van der Waals surface area contributed by atoms with Crippen molar-refractivity contribution in [3.63, 3.8) is 0 Å². The zero-order chi connectivity index (χ0) is 12.1. The number of methoxy groups -OCH3 is 1. The van der Waals surface area contributed by atoms with Crippen LogP contribution in [0.25, 0.3) is 0 Å². The van der Waals surface area contributed by atoms with E-state index < -0.39 is 6.09 Å². The van der Waals surface area contributed by atoms with Gasteiger partial charge in [0.1, 0.15) is 0 Å².